The summed E-state index contributed by atoms with van der Waals surface area (Å²) in [6.45, 7) is 8.17. The molecule has 1 aromatic carbocycles. The Labute approximate surface area is 121 Å². The van der Waals surface area contributed by atoms with E-state index in [0.29, 0.717) is 5.92 Å². The molecule has 0 spiro atoms. The van der Waals surface area contributed by atoms with Crippen molar-refractivity contribution in [3.8, 4) is 0 Å². The summed E-state index contributed by atoms with van der Waals surface area (Å²) in [5.41, 5.74) is 3.04. The molecule has 19 heavy (non-hydrogen) atoms. The van der Waals surface area contributed by atoms with Gasteiger partial charge in [-0.15, -0.1) is 12.4 Å². The SMILES string of the molecule is Cc1cccc(C(=O)NC2CNCCC2C)c1C.Cl. The first kappa shape index (κ1) is 16.0. The molecule has 0 aliphatic carbocycles. The van der Waals surface area contributed by atoms with Gasteiger partial charge in [0.25, 0.3) is 5.91 Å². The third kappa shape index (κ3) is 3.71. The molecular weight excluding hydrogens is 260 g/mol. The van der Waals surface area contributed by atoms with Gasteiger partial charge in [-0.2, -0.15) is 0 Å². The summed E-state index contributed by atoms with van der Waals surface area (Å²) in [6.07, 6.45) is 1.12. The lowest BCUT2D eigenvalue weighted by atomic mass is 9.94. The van der Waals surface area contributed by atoms with Crippen LogP contribution in [0.2, 0.25) is 0 Å². The summed E-state index contributed by atoms with van der Waals surface area (Å²) >= 11 is 0. The highest BCUT2D eigenvalue weighted by molar-refractivity contribution is 5.96. The number of amides is 1. The molecule has 2 N–H and O–H groups in total. The molecule has 4 heteroatoms. The van der Waals surface area contributed by atoms with Crippen molar-refractivity contribution in [2.45, 2.75) is 33.2 Å². The number of benzene rings is 1. The molecule has 106 valence electrons. The Bertz CT molecular complexity index is 448. The molecule has 3 nitrogen and oxygen atoms in total. The van der Waals surface area contributed by atoms with Crippen LogP contribution in [0.1, 0.15) is 34.8 Å². The van der Waals surface area contributed by atoms with Gasteiger partial charge >= 0.3 is 0 Å². The number of aryl methyl sites for hydroxylation is 1. The van der Waals surface area contributed by atoms with Crippen molar-refractivity contribution in [1.82, 2.24) is 10.6 Å². The number of rotatable bonds is 2. The molecule has 0 saturated carbocycles. The topological polar surface area (TPSA) is 41.1 Å². The summed E-state index contributed by atoms with van der Waals surface area (Å²) in [5, 5.41) is 6.48. The molecule has 2 atom stereocenters. The van der Waals surface area contributed by atoms with Gasteiger partial charge in [0, 0.05) is 18.2 Å². The maximum atomic E-state index is 12.3. The summed E-state index contributed by atoms with van der Waals surface area (Å²) in [6, 6.07) is 6.13. The zero-order valence-corrected chi connectivity index (χ0v) is 12.6. The van der Waals surface area contributed by atoms with E-state index in [9.17, 15) is 4.79 Å². The van der Waals surface area contributed by atoms with Crippen LogP contribution in [0.3, 0.4) is 0 Å². The molecule has 1 aliphatic rings. The number of hydrogen-bond donors (Lipinski definition) is 2. The Balaban J connectivity index is 0.00000180. The quantitative estimate of drug-likeness (QED) is 0.875. The Morgan fingerprint density at radius 1 is 1.37 bits per heavy atom. The predicted molar refractivity (Wildman–Crippen MR) is 81.1 cm³/mol. The van der Waals surface area contributed by atoms with E-state index in [4.69, 9.17) is 0 Å². The van der Waals surface area contributed by atoms with Gasteiger partial charge in [-0.3, -0.25) is 4.79 Å². The largest absolute Gasteiger partial charge is 0.348 e. The van der Waals surface area contributed by atoms with Gasteiger partial charge in [0.15, 0.2) is 0 Å². The lowest BCUT2D eigenvalue weighted by Crippen LogP contribution is -2.50. The molecule has 1 saturated heterocycles. The van der Waals surface area contributed by atoms with Crippen LogP contribution in [0.15, 0.2) is 18.2 Å². The van der Waals surface area contributed by atoms with E-state index >= 15 is 0 Å². The maximum absolute atomic E-state index is 12.3. The van der Waals surface area contributed by atoms with Gasteiger partial charge in [0.2, 0.25) is 0 Å². The highest BCUT2D eigenvalue weighted by atomic mass is 35.5. The van der Waals surface area contributed by atoms with Crippen molar-refractivity contribution in [2.24, 2.45) is 5.92 Å². The lowest BCUT2D eigenvalue weighted by Gasteiger charge is -2.30. The summed E-state index contributed by atoms with van der Waals surface area (Å²) in [7, 11) is 0. The van der Waals surface area contributed by atoms with E-state index in [-0.39, 0.29) is 24.4 Å². The van der Waals surface area contributed by atoms with Crippen molar-refractivity contribution < 1.29 is 4.79 Å². The van der Waals surface area contributed by atoms with Crippen LogP contribution in [-0.2, 0) is 0 Å². The van der Waals surface area contributed by atoms with Crippen LogP contribution in [0, 0.1) is 19.8 Å². The van der Waals surface area contributed by atoms with Crippen molar-refractivity contribution in [3.63, 3.8) is 0 Å². The molecule has 0 radical (unpaired) electrons. The molecular formula is C15H23ClN2O. The third-order valence-corrected chi connectivity index (χ3v) is 3.99. The number of carbonyl (C=O) groups is 1. The first-order chi connectivity index (χ1) is 8.59. The Kier molecular flexibility index (Phi) is 5.83. The average molecular weight is 283 g/mol. The molecule has 1 aromatic rings. The fourth-order valence-electron chi connectivity index (χ4n) is 2.43. The second-order valence-electron chi connectivity index (χ2n) is 5.30. The monoisotopic (exact) mass is 282 g/mol. The van der Waals surface area contributed by atoms with Crippen LogP contribution in [0.25, 0.3) is 0 Å². The molecule has 1 aliphatic heterocycles. The minimum atomic E-state index is 0. The smallest absolute Gasteiger partial charge is 0.251 e. The summed E-state index contributed by atoms with van der Waals surface area (Å²) < 4.78 is 0. The number of nitrogens with one attached hydrogen (secondary N) is 2. The Morgan fingerprint density at radius 3 is 2.79 bits per heavy atom. The fourth-order valence-corrected chi connectivity index (χ4v) is 2.43. The molecule has 2 rings (SSSR count). The lowest BCUT2D eigenvalue weighted by molar-refractivity contribution is 0.0914. The van der Waals surface area contributed by atoms with Gasteiger partial charge in [-0.05, 0) is 49.9 Å². The van der Waals surface area contributed by atoms with Gasteiger partial charge < -0.3 is 10.6 Å². The van der Waals surface area contributed by atoms with Crippen LogP contribution < -0.4 is 10.6 Å². The minimum absolute atomic E-state index is 0. The highest BCUT2D eigenvalue weighted by Crippen LogP contribution is 2.15. The minimum Gasteiger partial charge on any atom is -0.348 e. The molecule has 2 unspecified atom stereocenters. The fraction of sp³-hybridized carbons (Fsp3) is 0.533. The maximum Gasteiger partial charge on any atom is 0.251 e. The first-order valence-corrected chi connectivity index (χ1v) is 6.67. The average Bonchev–Trinajstić information content (AvgIpc) is 2.35. The van der Waals surface area contributed by atoms with Crippen molar-refractivity contribution in [2.75, 3.05) is 13.1 Å². The van der Waals surface area contributed by atoms with Gasteiger partial charge in [-0.25, -0.2) is 0 Å². The first-order valence-electron chi connectivity index (χ1n) is 6.67. The predicted octanol–water partition coefficient (Wildman–Crippen LogP) is 2.45. The molecule has 1 amide bonds. The van der Waals surface area contributed by atoms with Gasteiger partial charge in [0.05, 0.1) is 0 Å². The third-order valence-electron chi connectivity index (χ3n) is 3.99. The standard InChI is InChI=1S/C15H22N2O.ClH/c1-10-5-4-6-13(12(10)3)15(18)17-14-9-16-8-7-11(14)2;/h4-6,11,14,16H,7-9H2,1-3H3,(H,17,18);1H. The Hall–Kier alpha value is -1.06. The number of carbonyl (C=O) groups excluding carboxylic acids is 1. The van der Waals surface area contributed by atoms with E-state index in [1.54, 1.807) is 0 Å². The molecule has 0 aromatic heterocycles. The highest BCUT2D eigenvalue weighted by Gasteiger charge is 2.23. The van der Waals surface area contributed by atoms with Gasteiger partial charge in [0.1, 0.15) is 0 Å². The van der Waals surface area contributed by atoms with Crippen LogP contribution in [0.4, 0.5) is 0 Å². The Morgan fingerprint density at radius 2 is 2.11 bits per heavy atom. The number of hydrogen-bond acceptors (Lipinski definition) is 2. The molecule has 1 heterocycles. The van der Waals surface area contributed by atoms with Crippen LogP contribution >= 0.6 is 12.4 Å². The zero-order valence-electron chi connectivity index (χ0n) is 11.8. The van der Waals surface area contributed by atoms with E-state index in [1.807, 2.05) is 32.0 Å². The molecule has 0 bridgehead atoms. The van der Waals surface area contributed by atoms with Gasteiger partial charge in [-0.1, -0.05) is 19.1 Å². The molecule has 1 fully saturated rings. The van der Waals surface area contributed by atoms with E-state index < -0.39 is 0 Å². The second kappa shape index (κ2) is 6.92. The normalized spacial score (nSPS) is 22.5. The van der Waals surface area contributed by atoms with E-state index in [0.717, 1.165) is 36.2 Å². The summed E-state index contributed by atoms with van der Waals surface area (Å²) in [5.74, 6) is 0.595. The number of halogens is 1. The second-order valence-corrected chi connectivity index (χ2v) is 5.30. The zero-order chi connectivity index (χ0) is 13.1. The van der Waals surface area contributed by atoms with Crippen molar-refractivity contribution in [1.29, 1.82) is 0 Å². The number of piperidine rings is 1. The van der Waals surface area contributed by atoms with Crippen molar-refractivity contribution >= 4 is 18.3 Å². The van der Waals surface area contributed by atoms with Crippen LogP contribution in [0.5, 0.6) is 0 Å². The summed E-state index contributed by atoms with van der Waals surface area (Å²) in [4.78, 5) is 12.3. The van der Waals surface area contributed by atoms with Crippen molar-refractivity contribution in [3.05, 3.63) is 34.9 Å². The van der Waals surface area contributed by atoms with E-state index in [2.05, 4.69) is 17.6 Å². The van der Waals surface area contributed by atoms with E-state index in [1.165, 1.54) is 0 Å². The van der Waals surface area contributed by atoms with Crippen LogP contribution in [-0.4, -0.2) is 25.0 Å².